The van der Waals surface area contributed by atoms with Crippen molar-refractivity contribution in [3.05, 3.63) is 23.8 Å². The number of sulfonamides is 1. The third-order valence-electron chi connectivity index (χ3n) is 2.77. The zero-order valence-electron chi connectivity index (χ0n) is 10.5. The lowest BCUT2D eigenvalue weighted by Crippen LogP contribution is -2.39. The van der Waals surface area contributed by atoms with Gasteiger partial charge in [0.1, 0.15) is 11.6 Å². The molecule has 108 valence electrons. The topological polar surface area (TPSA) is 92.4 Å². The van der Waals surface area contributed by atoms with Gasteiger partial charge in [-0.1, -0.05) is 6.92 Å². The first-order chi connectivity index (χ1) is 8.69. The van der Waals surface area contributed by atoms with Crippen molar-refractivity contribution in [2.45, 2.75) is 24.8 Å². The van der Waals surface area contributed by atoms with E-state index in [0.29, 0.717) is 0 Å². The Labute approximate surface area is 110 Å². The molecule has 0 aliphatic heterocycles. The average molecular weight is 294 g/mol. The van der Waals surface area contributed by atoms with Crippen molar-refractivity contribution in [3.63, 3.8) is 0 Å². The molecule has 0 aromatic heterocycles. The minimum absolute atomic E-state index is 0.203. The standard InChI is InChI=1S/C11H16F2N2O3S/c1-6(5-16)7(2)15-19(17,18)11-9(12)3-8(14)4-10(11)13/h3-4,6-7,15-16H,5,14H2,1-2H3. The number of nitrogen functional groups attached to an aromatic ring is 1. The number of halogens is 2. The number of anilines is 1. The number of hydrogen-bond donors (Lipinski definition) is 3. The first-order valence-electron chi connectivity index (χ1n) is 5.56. The summed E-state index contributed by atoms with van der Waals surface area (Å²) in [5, 5.41) is 8.92. The zero-order valence-corrected chi connectivity index (χ0v) is 11.3. The lowest BCUT2D eigenvalue weighted by molar-refractivity contribution is 0.216. The number of aliphatic hydroxyl groups is 1. The fourth-order valence-electron chi connectivity index (χ4n) is 1.41. The van der Waals surface area contributed by atoms with E-state index in [2.05, 4.69) is 4.72 Å². The number of hydrogen-bond acceptors (Lipinski definition) is 4. The van der Waals surface area contributed by atoms with Gasteiger partial charge in [-0.2, -0.15) is 0 Å². The average Bonchev–Trinajstić information content (AvgIpc) is 2.24. The molecular weight excluding hydrogens is 278 g/mol. The van der Waals surface area contributed by atoms with E-state index in [1.165, 1.54) is 6.92 Å². The van der Waals surface area contributed by atoms with Gasteiger partial charge in [0.15, 0.2) is 4.90 Å². The maximum atomic E-state index is 13.6. The molecule has 1 rings (SSSR count). The highest BCUT2D eigenvalue weighted by Gasteiger charge is 2.27. The quantitative estimate of drug-likeness (QED) is 0.702. The van der Waals surface area contributed by atoms with Crippen LogP contribution in [-0.2, 0) is 10.0 Å². The number of aliphatic hydroxyl groups excluding tert-OH is 1. The van der Waals surface area contributed by atoms with Gasteiger partial charge in [0.25, 0.3) is 0 Å². The molecule has 19 heavy (non-hydrogen) atoms. The van der Waals surface area contributed by atoms with Crippen molar-refractivity contribution < 1.29 is 22.3 Å². The van der Waals surface area contributed by atoms with Crippen molar-refractivity contribution in [3.8, 4) is 0 Å². The van der Waals surface area contributed by atoms with Gasteiger partial charge in [-0.15, -0.1) is 0 Å². The van der Waals surface area contributed by atoms with Gasteiger partial charge in [-0.05, 0) is 25.0 Å². The highest BCUT2D eigenvalue weighted by Crippen LogP contribution is 2.22. The minimum atomic E-state index is -4.36. The molecule has 0 fully saturated rings. The first kappa shape index (κ1) is 15.8. The summed E-state index contributed by atoms with van der Waals surface area (Å²) in [5.74, 6) is -2.91. The molecule has 2 unspecified atom stereocenters. The van der Waals surface area contributed by atoms with Crippen LogP contribution < -0.4 is 10.5 Å². The Morgan fingerprint density at radius 3 is 2.21 bits per heavy atom. The molecule has 0 radical (unpaired) electrons. The maximum Gasteiger partial charge on any atom is 0.246 e. The van der Waals surface area contributed by atoms with E-state index < -0.39 is 38.5 Å². The Morgan fingerprint density at radius 2 is 1.79 bits per heavy atom. The molecule has 5 nitrogen and oxygen atoms in total. The fourth-order valence-corrected chi connectivity index (χ4v) is 2.89. The van der Waals surface area contributed by atoms with Crippen LogP contribution in [-0.4, -0.2) is 26.2 Å². The molecule has 0 spiro atoms. The van der Waals surface area contributed by atoms with Crippen LogP contribution in [0, 0.1) is 17.6 Å². The van der Waals surface area contributed by atoms with E-state index in [4.69, 9.17) is 10.8 Å². The molecule has 1 aromatic rings. The second-order valence-corrected chi connectivity index (χ2v) is 6.03. The SMILES string of the molecule is CC(CO)C(C)NS(=O)(=O)c1c(F)cc(N)cc1F. The van der Waals surface area contributed by atoms with Crippen LogP contribution >= 0.6 is 0 Å². The summed E-state index contributed by atoms with van der Waals surface area (Å²) in [6.07, 6.45) is 0. The summed E-state index contributed by atoms with van der Waals surface area (Å²) in [6.45, 7) is 2.84. The summed E-state index contributed by atoms with van der Waals surface area (Å²) in [6, 6.07) is 0.793. The molecule has 0 bridgehead atoms. The molecular formula is C11H16F2N2O3S. The van der Waals surface area contributed by atoms with Gasteiger partial charge in [-0.3, -0.25) is 0 Å². The van der Waals surface area contributed by atoms with Crippen LogP contribution in [0.15, 0.2) is 17.0 Å². The smallest absolute Gasteiger partial charge is 0.246 e. The predicted molar refractivity (Wildman–Crippen MR) is 66.8 cm³/mol. The third kappa shape index (κ3) is 3.62. The number of benzene rings is 1. The molecule has 0 saturated carbocycles. The number of nitrogens with two attached hydrogens (primary N) is 1. The van der Waals surface area contributed by atoms with Crippen LogP contribution in [0.4, 0.5) is 14.5 Å². The second kappa shape index (κ2) is 5.81. The monoisotopic (exact) mass is 294 g/mol. The van der Waals surface area contributed by atoms with E-state index in [1.54, 1.807) is 6.92 Å². The van der Waals surface area contributed by atoms with Crippen LogP contribution in [0.5, 0.6) is 0 Å². The van der Waals surface area contributed by atoms with E-state index in [9.17, 15) is 17.2 Å². The van der Waals surface area contributed by atoms with Crippen molar-refractivity contribution in [1.29, 1.82) is 0 Å². The molecule has 0 aliphatic rings. The highest BCUT2D eigenvalue weighted by molar-refractivity contribution is 7.89. The summed E-state index contributed by atoms with van der Waals surface area (Å²) in [5.41, 5.74) is 5.01. The third-order valence-corrected chi connectivity index (χ3v) is 4.38. The van der Waals surface area contributed by atoms with Crippen LogP contribution in [0.2, 0.25) is 0 Å². The Kier molecular flexibility index (Phi) is 4.83. The zero-order chi connectivity index (χ0) is 14.8. The van der Waals surface area contributed by atoms with Gasteiger partial charge in [-0.25, -0.2) is 21.9 Å². The number of nitrogens with one attached hydrogen (secondary N) is 1. The summed E-state index contributed by atoms with van der Waals surface area (Å²) in [4.78, 5) is -1.07. The summed E-state index contributed by atoms with van der Waals surface area (Å²) >= 11 is 0. The van der Waals surface area contributed by atoms with Crippen molar-refractivity contribution in [1.82, 2.24) is 4.72 Å². The molecule has 4 N–H and O–H groups in total. The van der Waals surface area contributed by atoms with Crippen LogP contribution in [0.3, 0.4) is 0 Å². The van der Waals surface area contributed by atoms with Gasteiger partial charge >= 0.3 is 0 Å². The fraction of sp³-hybridized carbons (Fsp3) is 0.455. The number of rotatable bonds is 5. The molecule has 0 saturated heterocycles. The Bertz CT molecular complexity index is 540. The van der Waals surface area contributed by atoms with Crippen molar-refractivity contribution >= 4 is 15.7 Å². The normalized spacial score (nSPS) is 15.2. The van der Waals surface area contributed by atoms with Crippen LogP contribution in [0.25, 0.3) is 0 Å². The molecule has 8 heteroatoms. The van der Waals surface area contributed by atoms with E-state index in [0.717, 1.165) is 12.1 Å². The molecule has 0 aliphatic carbocycles. The second-order valence-electron chi connectivity index (χ2n) is 4.38. The maximum absolute atomic E-state index is 13.6. The largest absolute Gasteiger partial charge is 0.399 e. The van der Waals surface area contributed by atoms with Crippen LogP contribution in [0.1, 0.15) is 13.8 Å². The van der Waals surface area contributed by atoms with Gasteiger partial charge in [0.2, 0.25) is 10.0 Å². The van der Waals surface area contributed by atoms with E-state index in [-0.39, 0.29) is 12.3 Å². The van der Waals surface area contributed by atoms with Gasteiger partial charge in [0.05, 0.1) is 0 Å². The lowest BCUT2D eigenvalue weighted by atomic mass is 10.1. The predicted octanol–water partition coefficient (Wildman–Crippen LogP) is 0.842. The summed E-state index contributed by atoms with van der Waals surface area (Å²) < 4.78 is 53.0. The van der Waals surface area contributed by atoms with Crippen molar-refractivity contribution in [2.75, 3.05) is 12.3 Å². The lowest BCUT2D eigenvalue weighted by Gasteiger charge is -2.19. The van der Waals surface area contributed by atoms with Crippen molar-refractivity contribution in [2.24, 2.45) is 5.92 Å². The highest BCUT2D eigenvalue weighted by atomic mass is 32.2. The molecule has 1 aromatic carbocycles. The first-order valence-corrected chi connectivity index (χ1v) is 7.05. The molecule has 0 amide bonds. The Hall–Kier alpha value is -1.25. The minimum Gasteiger partial charge on any atom is -0.399 e. The molecule has 2 atom stereocenters. The Morgan fingerprint density at radius 1 is 1.32 bits per heavy atom. The van der Waals surface area contributed by atoms with Gasteiger partial charge in [0, 0.05) is 18.3 Å². The van der Waals surface area contributed by atoms with Gasteiger partial charge < -0.3 is 10.8 Å². The Balaban J connectivity index is 3.15. The van der Waals surface area contributed by atoms with E-state index >= 15 is 0 Å². The summed E-state index contributed by atoms with van der Waals surface area (Å²) in [7, 11) is -4.36. The molecule has 0 heterocycles. The van der Waals surface area contributed by atoms with E-state index in [1.807, 2.05) is 0 Å².